The van der Waals surface area contributed by atoms with Crippen molar-refractivity contribution in [1.82, 2.24) is 4.90 Å². The fraction of sp³-hybridized carbons (Fsp3) is 0.875. The quantitative estimate of drug-likeness (QED) is 0.799. The van der Waals surface area contributed by atoms with Gasteiger partial charge in [0.2, 0.25) is 0 Å². The first-order valence-electron chi connectivity index (χ1n) is 8.11. The predicted molar refractivity (Wildman–Crippen MR) is 88.6 cm³/mol. The average Bonchev–Trinajstić information content (AvgIpc) is 2.46. The molecular weight excluding hydrogens is 318 g/mol. The Bertz CT molecular complexity index is 470. The molecule has 132 valence electrons. The van der Waals surface area contributed by atoms with Gasteiger partial charge in [-0.25, -0.2) is 4.79 Å². The van der Waals surface area contributed by atoms with Gasteiger partial charge in [0.05, 0.1) is 17.6 Å². The van der Waals surface area contributed by atoms with Crippen molar-refractivity contribution in [1.29, 1.82) is 0 Å². The maximum Gasteiger partial charge on any atom is 0.410 e. The fourth-order valence-corrected chi connectivity index (χ4v) is 4.70. The molecule has 2 aliphatic rings. The number of hydrogen-bond donors (Lipinski definition) is 2. The number of likely N-dealkylation sites (tertiary alicyclic amines) is 1. The molecule has 2 saturated heterocycles. The summed E-state index contributed by atoms with van der Waals surface area (Å²) in [6.45, 7) is 5.88. The molecule has 0 aliphatic carbocycles. The first-order valence-corrected chi connectivity index (χ1v) is 9.27. The molecule has 0 radical (unpaired) electrons. The van der Waals surface area contributed by atoms with E-state index in [1.807, 2.05) is 0 Å². The van der Waals surface area contributed by atoms with E-state index in [1.54, 1.807) is 32.5 Å². The predicted octanol–water partition coefficient (Wildman–Crippen LogP) is 2.35. The highest BCUT2D eigenvalue weighted by Crippen LogP contribution is 2.48. The summed E-state index contributed by atoms with van der Waals surface area (Å²) >= 11 is 1.71. The second-order valence-electron chi connectivity index (χ2n) is 7.54. The number of carboxylic acids is 1. The summed E-state index contributed by atoms with van der Waals surface area (Å²) in [5.74, 6) is 0.494. The Labute approximate surface area is 141 Å². The fourth-order valence-electron chi connectivity index (χ4n) is 3.51. The number of ether oxygens (including phenoxy) is 1. The smallest absolute Gasteiger partial charge is 0.410 e. The molecular formula is C16H27NO5S. The Morgan fingerprint density at radius 1 is 1.17 bits per heavy atom. The molecule has 23 heavy (non-hydrogen) atoms. The summed E-state index contributed by atoms with van der Waals surface area (Å²) in [4.78, 5) is 25.7. The Morgan fingerprint density at radius 2 is 1.78 bits per heavy atom. The number of carbonyl (C=O) groups is 2. The van der Waals surface area contributed by atoms with E-state index < -0.39 is 28.7 Å². The van der Waals surface area contributed by atoms with Crippen molar-refractivity contribution in [3.8, 4) is 0 Å². The SMILES string of the molecule is CC(C)(C)OC(=O)N1CCCC(O)(C2(C(=O)O)CCSCC2)C1. The average molecular weight is 345 g/mol. The Morgan fingerprint density at radius 3 is 2.30 bits per heavy atom. The largest absolute Gasteiger partial charge is 0.481 e. The minimum Gasteiger partial charge on any atom is -0.481 e. The summed E-state index contributed by atoms with van der Waals surface area (Å²) < 4.78 is 5.38. The van der Waals surface area contributed by atoms with Gasteiger partial charge < -0.3 is 19.8 Å². The number of aliphatic hydroxyl groups is 1. The zero-order valence-electron chi connectivity index (χ0n) is 14.1. The standard InChI is InChI=1S/C16H27NO5S/c1-14(2,3)22-13(20)17-8-4-5-16(21,11-17)15(12(18)19)6-9-23-10-7-15/h21H,4-11H2,1-3H3,(H,18,19). The lowest BCUT2D eigenvalue weighted by atomic mass is 9.64. The molecule has 7 heteroatoms. The van der Waals surface area contributed by atoms with E-state index in [0.717, 1.165) is 11.5 Å². The van der Waals surface area contributed by atoms with Crippen LogP contribution < -0.4 is 0 Å². The first kappa shape index (κ1) is 18.4. The second-order valence-corrected chi connectivity index (χ2v) is 8.76. The molecule has 1 atom stereocenters. The molecule has 2 N–H and O–H groups in total. The van der Waals surface area contributed by atoms with Gasteiger partial charge in [-0.1, -0.05) is 0 Å². The van der Waals surface area contributed by atoms with E-state index in [4.69, 9.17) is 4.74 Å². The summed E-state index contributed by atoms with van der Waals surface area (Å²) in [6.07, 6.45) is 1.37. The number of thioether (sulfide) groups is 1. The van der Waals surface area contributed by atoms with Gasteiger partial charge >= 0.3 is 12.1 Å². The molecule has 0 aromatic heterocycles. The van der Waals surface area contributed by atoms with Crippen molar-refractivity contribution >= 4 is 23.8 Å². The Kier molecular flexibility index (Phi) is 5.21. The van der Waals surface area contributed by atoms with E-state index in [9.17, 15) is 19.8 Å². The maximum atomic E-state index is 12.3. The molecule has 2 aliphatic heterocycles. The number of aliphatic carboxylic acids is 1. The summed E-state index contributed by atoms with van der Waals surface area (Å²) in [5, 5.41) is 21.0. The van der Waals surface area contributed by atoms with Gasteiger partial charge in [0.1, 0.15) is 5.60 Å². The molecule has 6 nitrogen and oxygen atoms in total. The van der Waals surface area contributed by atoms with Crippen LogP contribution in [0.5, 0.6) is 0 Å². The number of amides is 1. The van der Waals surface area contributed by atoms with Gasteiger partial charge in [0.25, 0.3) is 0 Å². The number of rotatable bonds is 2. The van der Waals surface area contributed by atoms with Crippen molar-refractivity contribution in [2.75, 3.05) is 24.6 Å². The molecule has 0 saturated carbocycles. The minimum atomic E-state index is -1.39. The summed E-state index contributed by atoms with van der Waals surface area (Å²) in [7, 11) is 0. The lowest BCUT2D eigenvalue weighted by Crippen LogP contribution is -2.63. The van der Waals surface area contributed by atoms with Crippen LogP contribution >= 0.6 is 11.8 Å². The number of β-amino-alcohol motifs (C(OH)–C–C–N with tert-alkyl or cyclic N) is 1. The van der Waals surface area contributed by atoms with Crippen LogP contribution in [0.25, 0.3) is 0 Å². The highest BCUT2D eigenvalue weighted by Gasteiger charge is 2.58. The normalized spacial score (nSPS) is 28.3. The lowest BCUT2D eigenvalue weighted by Gasteiger charge is -2.50. The van der Waals surface area contributed by atoms with Crippen molar-refractivity contribution < 1.29 is 24.5 Å². The highest BCUT2D eigenvalue weighted by atomic mass is 32.2. The Balaban J connectivity index is 2.20. The zero-order valence-corrected chi connectivity index (χ0v) is 14.9. The number of hydrogen-bond acceptors (Lipinski definition) is 5. The van der Waals surface area contributed by atoms with Crippen LogP contribution in [0, 0.1) is 5.41 Å². The molecule has 1 amide bonds. The molecule has 0 spiro atoms. The molecule has 0 bridgehead atoms. The third-order valence-electron chi connectivity index (χ3n) is 4.77. The van der Waals surface area contributed by atoms with Crippen molar-refractivity contribution in [2.24, 2.45) is 5.41 Å². The highest BCUT2D eigenvalue weighted by molar-refractivity contribution is 7.99. The van der Waals surface area contributed by atoms with Gasteiger partial charge in [-0.05, 0) is 58.0 Å². The lowest BCUT2D eigenvalue weighted by molar-refractivity contribution is -0.180. The Hall–Kier alpha value is -0.950. The van der Waals surface area contributed by atoms with Crippen LogP contribution in [0.15, 0.2) is 0 Å². The van der Waals surface area contributed by atoms with Crippen molar-refractivity contribution in [3.63, 3.8) is 0 Å². The van der Waals surface area contributed by atoms with Crippen LogP contribution in [-0.4, -0.2) is 63.0 Å². The van der Waals surface area contributed by atoms with Crippen LogP contribution in [-0.2, 0) is 9.53 Å². The van der Waals surface area contributed by atoms with Gasteiger partial charge in [0.15, 0.2) is 0 Å². The zero-order chi connectivity index (χ0) is 17.3. The van der Waals surface area contributed by atoms with Gasteiger partial charge in [0, 0.05) is 6.54 Å². The minimum absolute atomic E-state index is 0.0267. The van der Waals surface area contributed by atoms with Crippen molar-refractivity contribution in [2.45, 2.75) is 57.7 Å². The number of piperidine rings is 1. The van der Waals surface area contributed by atoms with E-state index in [0.29, 0.717) is 32.2 Å². The van der Waals surface area contributed by atoms with Gasteiger partial charge in [-0.15, -0.1) is 0 Å². The van der Waals surface area contributed by atoms with Crippen LogP contribution in [0.2, 0.25) is 0 Å². The number of nitrogens with zero attached hydrogens (tertiary/aromatic N) is 1. The monoisotopic (exact) mass is 345 g/mol. The molecule has 2 fully saturated rings. The molecule has 0 aromatic carbocycles. The molecule has 2 rings (SSSR count). The van der Waals surface area contributed by atoms with E-state index in [-0.39, 0.29) is 6.54 Å². The topological polar surface area (TPSA) is 87.1 Å². The van der Waals surface area contributed by atoms with E-state index >= 15 is 0 Å². The molecule has 0 aromatic rings. The summed E-state index contributed by atoms with van der Waals surface area (Å²) in [5.41, 5.74) is -3.17. The van der Waals surface area contributed by atoms with Gasteiger partial charge in [-0.3, -0.25) is 4.79 Å². The first-order chi connectivity index (χ1) is 10.6. The maximum absolute atomic E-state index is 12.3. The molecule has 1 unspecified atom stereocenters. The van der Waals surface area contributed by atoms with Crippen LogP contribution in [0.1, 0.15) is 46.5 Å². The van der Waals surface area contributed by atoms with Gasteiger partial charge in [-0.2, -0.15) is 11.8 Å². The van der Waals surface area contributed by atoms with Crippen LogP contribution in [0.4, 0.5) is 4.79 Å². The third-order valence-corrected chi connectivity index (χ3v) is 5.75. The van der Waals surface area contributed by atoms with Crippen LogP contribution in [0.3, 0.4) is 0 Å². The third kappa shape index (κ3) is 3.76. The summed E-state index contributed by atoms with van der Waals surface area (Å²) in [6, 6.07) is 0. The van der Waals surface area contributed by atoms with E-state index in [1.165, 1.54) is 4.90 Å². The number of carbonyl (C=O) groups excluding carboxylic acids is 1. The molecule has 2 heterocycles. The van der Waals surface area contributed by atoms with Crippen molar-refractivity contribution in [3.05, 3.63) is 0 Å². The number of carboxylic acid groups (broad SMARTS) is 1. The second kappa shape index (κ2) is 6.51. The van der Waals surface area contributed by atoms with E-state index in [2.05, 4.69) is 0 Å².